The van der Waals surface area contributed by atoms with Gasteiger partial charge >= 0.3 is 0 Å². The van der Waals surface area contributed by atoms with Crippen LogP contribution in [0, 0.1) is 0 Å². The molecule has 0 saturated heterocycles. The van der Waals surface area contributed by atoms with Crippen molar-refractivity contribution in [2.24, 2.45) is 0 Å². The van der Waals surface area contributed by atoms with Crippen LogP contribution in [0.5, 0.6) is 5.75 Å². The Balaban J connectivity index is 1.16. The largest absolute Gasteiger partial charge is 0.493 e. The Morgan fingerprint density at radius 2 is 1.22 bits per heavy atom. The highest BCUT2D eigenvalue weighted by Crippen LogP contribution is 2.37. The van der Waals surface area contributed by atoms with Gasteiger partial charge in [-0.15, -0.1) is 0 Å². The average Bonchev–Trinajstić information content (AvgIpc) is 3.50. The minimum atomic E-state index is -0.0707. The van der Waals surface area contributed by atoms with Crippen LogP contribution in [0.4, 0.5) is 0 Å². The first-order chi connectivity index (χ1) is 22.4. The lowest BCUT2D eigenvalue weighted by atomic mass is 9.86. The van der Waals surface area contributed by atoms with E-state index in [2.05, 4.69) is 87.5 Å². The quantitative estimate of drug-likeness (QED) is 0.170. The van der Waals surface area contributed by atoms with E-state index in [1.165, 1.54) is 0 Å². The normalized spacial score (nSPS) is 11.9. The van der Waals surface area contributed by atoms with E-state index >= 15 is 0 Å². The molecule has 5 aromatic carbocycles. The maximum absolute atomic E-state index is 6.17. The van der Waals surface area contributed by atoms with Gasteiger partial charge in [0.15, 0.2) is 5.58 Å². The second-order valence-corrected chi connectivity index (χ2v) is 12.4. The van der Waals surface area contributed by atoms with Crippen LogP contribution in [0.15, 0.2) is 120 Å². The lowest BCUT2D eigenvalue weighted by Gasteiger charge is -2.22. The molecule has 0 N–H and O–H groups in total. The van der Waals surface area contributed by atoms with Gasteiger partial charge in [0.1, 0.15) is 11.3 Å². The van der Waals surface area contributed by atoms with E-state index in [0.29, 0.717) is 12.5 Å². The summed E-state index contributed by atoms with van der Waals surface area (Å²) < 4.78 is 12.1. The average molecular weight is 602 g/mol. The molecule has 0 atom stereocenters. The van der Waals surface area contributed by atoms with Crippen molar-refractivity contribution in [3.8, 4) is 39.7 Å². The van der Waals surface area contributed by atoms with Gasteiger partial charge in [0.25, 0.3) is 0 Å². The predicted molar refractivity (Wildman–Crippen MR) is 189 cm³/mol. The molecule has 2 heterocycles. The first-order valence-electron chi connectivity index (χ1n) is 15.6. The molecule has 0 fully saturated rings. The van der Waals surface area contributed by atoms with Gasteiger partial charge in [0.2, 0.25) is 5.89 Å². The minimum absolute atomic E-state index is 0.0707. The lowest BCUT2D eigenvalue weighted by molar-refractivity contribution is 0.330. The molecule has 0 aliphatic heterocycles. The van der Waals surface area contributed by atoms with Gasteiger partial charge in [0, 0.05) is 28.3 Å². The summed E-state index contributed by atoms with van der Waals surface area (Å²) in [5.74, 6) is 1.44. The molecule has 0 bridgehead atoms. The number of rotatable bonds is 7. The van der Waals surface area contributed by atoms with Gasteiger partial charge in [-0.1, -0.05) is 112 Å². The maximum Gasteiger partial charge on any atom is 0.227 e. The van der Waals surface area contributed by atoms with Crippen molar-refractivity contribution in [1.82, 2.24) is 15.0 Å². The topological polar surface area (TPSA) is 61.0 Å². The van der Waals surface area contributed by atoms with E-state index in [1.54, 1.807) is 0 Å². The summed E-state index contributed by atoms with van der Waals surface area (Å²) in [5, 5.41) is 0. The summed E-state index contributed by atoms with van der Waals surface area (Å²) >= 11 is 0. The van der Waals surface area contributed by atoms with Crippen LogP contribution in [0.2, 0.25) is 0 Å². The molecule has 226 valence electrons. The van der Waals surface area contributed by atoms with Gasteiger partial charge in [-0.2, -0.15) is 0 Å². The molecule has 0 spiro atoms. The molecule has 46 heavy (non-hydrogen) atoms. The highest BCUT2D eigenvalue weighted by atomic mass is 16.5. The molecular weight excluding hydrogens is 566 g/mol. The van der Waals surface area contributed by atoms with Gasteiger partial charge < -0.3 is 9.15 Å². The third-order valence-corrected chi connectivity index (χ3v) is 8.01. The number of aromatic nitrogens is 3. The van der Waals surface area contributed by atoms with E-state index in [-0.39, 0.29) is 5.41 Å². The van der Waals surface area contributed by atoms with Crippen molar-refractivity contribution in [2.75, 3.05) is 6.61 Å². The fourth-order valence-electron chi connectivity index (χ4n) is 5.64. The van der Waals surface area contributed by atoms with Crippen molar-refractivity contribution in [3.63, 3.8) is 0 Å². The Kier molecular flexibility index (Phi) is 7.67. The number of nitrogens with zero attached hydrogens (tertiary/aromatic N) is 3. The number of oxazole rings is 1. The summed E-state index contributed by atoms with van der Waals surface area (Å²) in [6.07, 6.45) is 4.21. The second kappa shape index (κ2) is 12.1. The smallest absolute Gasteiger partial charge is 0.227 e. The molecule has 2 aromatic heterocycles. The Bertz CT molecular complexity index is 2180. The fourth-order valence-corrected chi connectivity index (χ4v) is 5.64. The third kappa shape index (κ3) is 5.92. The summed E-state index contributed by atoms with van der Waals surface area (Å²) in [5.41, 5.74) is 11.2. The number of fused-ring (bicyclic) bond motifs is 2. The summed E-state index contributed by atoms with van der Waals surface area (Å²) in [6, 6.07) is 39.0. The van der Waals surface area contributed by atoms with Crippen molar-refractivity contribution in [1.29, 1.82) is 0 Å². The molecule has 0 radical (unpaired) electrons. The predicted octanol–water partition coefficient (Wildman–Crippen LogP) is 10.6. The van der Waals surface area contributed by atoms with E-state index in [0.717, 1.165) is 72.7 Å². The SMILES string of the molecule is CCOc1cc2oc(-c3ccc(/C=C/c4ccc5nc(-c6ccccc6)c(-c6ccccc6)nc5c4)cc3)nc2cc1C(C)(C)C. The number of ether oxygens (including phenoxy) is 1. The monoisotopic (exact) mass is 601 g/mol. The molecular formula is C41H35N3O2. The highest BCUT2D eigenvalue weighted by molar-refractivity contribution is 5.88. The molecule has 0 aliphatic carbocycles. The molecule has 0 aliphatic rings. The van der Waals surface area contributed by atoms with Crippen LogP contribution >= 0.6 is 0 Å². The molecule has 0 unspecified atom stereocenters. The molecule has 0 saturated carbocycles. The first-order valence-corrected chi connectivity index (χ1v) is 15.6. The van der Waals surface area contributed by atoms with Gasteiger partial charge in [0.05, 0.1) is 29.0 Å². The number of benzene rings is 5. The zero-order chi connectivity index (χ0) is 31.7. The van der Waals surface area contributed by atoms with Crippen LogP contribution in [-0.2, 0) is 5.41 Å². The van der Waals surface area contributed by atoms with Crippen LogP contribution in [0.3, 0.4) is 0 Å². The molecule has 7 aromatic rings. The van der Waals surface area contributed by atoms with E-state index < -0.39 is 0 Å². The number of hydrogen-bond acceptors (Lipinski definition) is 5. The zero-order valence-electron chi connectivity index (χ0n) is 26.5. The lowest BCUT2D eigenvalue weighted by Crippen LogP contribution is -2.13. The Morgan fingerprint density at radius 3 is 1.85 bits per heavy atom. The highest BCUT2D eigenvalue weighted by Gasteiger charge is 2.22. The molecule has 5 heteroatoms. The second-order valence-electron chi connectivity index (χ2n) is 12.4. The van der Waals surface area contributed by atoms with E-state index in [4.69, 9.17) is 24.1 Å². The molecule has 5 nitrogen and oxygen atoms in total. The van der Waals surface area contributed by atoms with Gasteiger partial charge in [-0.3, -0.25) is 0 Å². The standard InChI is InChI=1S/C41H35N3O2/c1-5-45-36-26-37-35(25-32(36)41(2,3)4)44-40(46-37)31-21-18-27(19-22-31)16-17-28-20-23-33-34(24-28)43-39(30-14-10-7-11-15-30)38(42-33)29-12-8-6-9-13-29/h6-26H,5H2,1-4H3/b17-16+. The third-order valence-electron chi connectivity index (χ3n) is 8.01. The zero-order valence-corrected chi connectivity index (χ0v) is 26.5. The van der Waals surface area contributed by atoms with Crippen molar-refractivity contribution < 1.29 is 9.15 Å². The van der Waals surface area contributed by atoms with Crippen LogP contribution in [0.1, 0.15) is 44.4 Å². The van der Waals surface area contributed by atoms with E-state index in [9.17, 15) is 0 Å². The van der Waals surface area contributed by atoms with E-state index in [1.807, 2.05) is 67.6 Å². The molecule has 0 amide bonds. The fraction of sp³-hybridized carbons (Fsp3) is 0.146. The summed E-state index contributed by atoms with van der Waals surface area (Å²) in [7, 11) is 0. The van der Waals surface area contributed by atoms with Crippen LogP contribution in [0.25, 0.3) is 68.3 Å². The minimum Gasteiger partial charge on any atom is -0.493 e. The number of hydrogen-bond donors (Lipinski definition) is 0. The Labute approximate surface area is 269 Å². The Hall–Kier alpha value is -5.55. The van der Waals surface area contributed by atoms with Crippen LogP contribution in [-0.4, -0.2) is 21.6 Å². The van der Waals surface area contributed by atoms with Gasteiger partial charge in [-0.25, -0.2) is 15.0 Å². The maximum atomic E-state index is 6.17. The Morgan fingerprint density at radius 1 is 0.609 bits per heavy atom. The summed E-state index contributed by atoms with van der Waals surface area (Å²) in [6.45, 7) is 9.13. The van der Waals surface area contributed by atoms with Crippen molar-refractivity contribution in [3.05, 3.63) is 132 Å². The van der Waals surface area contributed by atoms with Gasteiger partial charge in [-0.05, 0) is 53.8 Å². The van der Waals surface area contributed by atoms with Crippen molar-refractivity contribution >= 4 is 34.3 Å². The van der Waals surface area contributed by atoms with Crippen LogP contribution < -0.4 is 4.74 Å². The van der Waals surface area contributed by atoms with Crippen molar-refractivity contribution in [2.45, 2.75) is 33.1 Å². The summed E-state index contributed by atoms with van der Waals surface area (Å²) in [4.78, 5) is 15.0. The first kappa shape index (κ1) is 29.2. The molecule has 7 rings (SSSR count).